The molecule has 122 valence electrons. The van der Waals surface area contributed by atoms with Crippen molar-refractivity contribution in [3.63, 3.8) is 0 Å². The number of hydrogen-bond donors (Lipinski definition) is 0. The fourth-order valence-electron chi connectivity index (χ4n) is 2.24. The van der Waals surface area contributed by atoms with Gasteiger partial charge >= 0.3 is 0 Å². The van der Waals surface area contributed by atoms with Crippen LogP contribution in [0, 0.1) is 6.92 Å². The number of ether oxygens (including phenoxy) is 2. The Bertz CT molecular complexity index is 857. The zero-order valence-corrected chi connectivity index (χ0v) is 13.7. The molecular weight excluding hydrogens is 306 g/mol. The van der Waals surface area contributed by atoms with Gasteiger partial charge in [-0.25, -0.2) is 0 Å². The maximum absolute atomic E-state index is 5.41. The molecule has 0 bridgehead atoms. The third-order valence-corrected chi connectivity index (χ3v) is 3.51. The lowest BCUT2D eigenvalue weighted by atomic mass is 10.1. The standard InChI is InChI=1S/C18H17N3O3/c1-12-17(18(24-21-12)13-7-5-4-6-8-13)20-19-15-11-14(22-2)9-10-16(15)23-3/h4-11H,1-3H3. The highest BCUT2D eigenvalue weighted by atomic mass is 16.5. The number of rotatable bonds is 5. The predicted molar refractivity (Wildman–Crippen MR) is 90.4 cm³/mol. The molecule has 0 aliphatic carbocycles. The second kappa shape index (κ2) is 6.95. The highest BCUT2D eigenvalue weighted by Crippen LogP contribution is 2.37. The van der Waals surface area contributed by atoms with Crippen LogP contribution in [0.1, 0.15) is 5.69 Å². The first-order valence-electron chi connectivity index (χ1n) is 7.38. The third kappa shape index (κ3) is 3.12. The van der Waals surface area contributed by atoms with Crippen molar-refractivity contribution >= 4 is 11.4 Å². The first kappa shape index (κ1) is 15.7. The molecule has 0 radical (unpaired) electrons. The van der Waals surface area contributed by atoms with E-state index in [1.54, 1.807) is 32.4 Å². The number of aryl methyl sites for hydroxylation is 1. The maximum Gasteiger partial charge on any atom is 0.194 e. The molecule has 0 N–H and O–H groups in total. The molecule has 6 nitrogen and oxygen atoms in total. The van der Waals surface area contributed by atoms with Crippen molar-refractivity contribution in [3.8, 4) is 22.8 Å². The molecule has 0 spiro atoms. The van der Waals surface area contributed by atoms with Crippen molar-refractivity contribution < 1.29 is 14.0 Å². The molecule has 2 aromatic carbocycles. The van der Waals surface area contributed by atoms with Gasteiger partial charge in [-0.3, -0.25) is 0 Å². The van der Waals surface area contributed by atoms with Gasteiger partial charge in [0, 0.05) is 11.6 Å². The summed E-state index contributed by atoms with van der Waals surface area (Å²) in [6.45, 7) is 1.83. The van der Waals surface area contributed by atoms with Crippen LogP contribution in [0.25, 0.3) is 11.3 Å². The van der Waals surface area contributed by atoms with E-state index in [1.807, 2.05) is 37.3 Å². The van der Waals surface area contributed by atoms with Gasteiger partial charge in [0.05, 0.1) is 14.2 Å². The monoisotopic (exact) mass is 323 g/mol. The maximum atomic E-state index is 5.41. The van der Waals surface area contributed by atoms with Crippen molar-refractivity contribution in [2.75, 3.05) is 14.2 Å². The van der Waals surface area contributed by atoms with Crippen LogP contribution in [0.2, 0.25) is 0 Å². The Morgan fingerprint density at radius 2 is 1.75 bits per heavy atom. The summed E-state index contributed by atoms with van der Waals surface area (Å²) in [6, 6.07) is 15.0. The van der Waals surface area contributed by atoms with E-state index < -0.39 is 0 Å². The van der Waals surface area contributed by atoms with Crippen LogP contribution in [0.15, 0.2) is 63.3 Å². The zero-order chi connectivity index (χ0) is 16.9. The summed E-state index contributed by atoms with van der Waals surface area (Å²) < 4.78 is 15.9. The largest absolute Gasteiger partial charge is 0.497 e. The van der Waals surface area contributed by atoms with E-state index in [9.17, 15) is 0 Å². The smallest absolute Gasteiger partial charge is 0.194 e. The molecule has 0 amide bonds. The Labute approximate surface area is 139 Å². The molecule has 6 heteroatoms. The van der Waals surface area contributed by atoms with Gasteiger partial charge in [0.15, 0.2) is 11.4 Å². The Balaban J connectivity index is 2.00. The van der Waals surface area contributed by atoms with Crippen molar-refractivity contribution in [2.24, 2.45) is 10.2 Å². The van der Waals surface area contributed by atoms with E-state index in [4.69, 9.17) is 14.0 Å². The molecular formula is C18H17N3O3. The molecule has 0 aliphatic rings. The number of azo groups is 1. The molecule has 0 fully saturated rings. The van der Waals surface area contributed by atoms with Crippen LogP contribution in [-0.2, 0) is 0 Å². The van der Waals surface area contributed by atoms with E-state index in [0.717, 1.165) is 5.56 Å². The summed E-state index contributed by atoms with van der Waals surface area (Å²) >= 11 is 0. The van der Waals surface area contributed by atoms with Crippen LogP contribution in [0.4, 0.5) is 11.4 Å². The first-order chi connectivity index (χ1) is 11.7. The second-order valence-electron chi connectivity index (χ2n) is 5.05. The van der Waals surface area contributed by atoms with Crippen LogP contribution in [0.5, 0.6) is 11.5 Å². The number of methoxy groups -OCH3 is 2. The van der Waals surface area contributed by atoms with Gasteiger partial charge in [0.2, 0.25) is 0 Å². The normalized spacial score (nSPS) is 11.0. The number of hydrogen-bond acceptors (Lipinski definition) is 6. The molecule has 0 unspecified atom stereocenters. The lowest BCUT2D eigenvalue weighted by Gasteiger charge is -2.05. The summed E-state index contributed by atoms with van der Waals surface area (Å²) in [5.74, 6) is 1.86. The van der Waals surface area contributed by atoms with Gasteiger partial charge in [0.1, 0.15) is 22.9 Å². The van der Waals surface area contributed by atoms with Gasteiger partial charge in [-0.05, 0) is 19.1 Å². The quantitative estimate of drug-likeness (QED) is 0.614. The molecule has 1 heterocycles. The minimum absolute atomic E-state index is 0.566. The molecule has 24 heavy (non-hydrogen) atoms. The molecule has 3 aromatic rings. The Morgan fingerprint density at radius 3 is 2.46 bits per heavy atom. The summed E-state index contributed by atoms with van der Waals surface area (Å²) in [4.78, 5) is 0. The Hall–Kier alpha value is -3.15. The van der Waals surface area contributed by atoms with Crippen LogP contribution in [-0.4, -0.2) is 19.4 Å². The van der Waals surface area contributed by atoms with Crippen molar-refractivity contribution in [1.29, 1.82) is 0 Å². The molecule has 0 aliphatic heterocycles. The molecule has 0 atom stereocenters. The lowest BCUT2D eigenvalue weighted by Crippen LogP contribution is -1.86. The highest BCUT2D eigenvalue weighted by molar-refractivity contribution is 5.71. The summed E-state index contributed by atoms with van der Waals surface area (Å²) in [5.41, 5.74) is 2.71. The zero-order valence-electron chi connectivity index (χ0n) is 13.7. The second-order valence-corrected chi connectivity index (χ2v) is 5.05. The molecule has 0 saturated heterocycles. The summed E-state index contributed by atoms with van der Waals surface area (Å²) in [7, 11) is 3.18. The number of aromatic nitrogens is 1. The predicted octanol–water partition coefficient (Wildman–Crippen LogP) is 5.08. The van der Waals surface area contributed by atoms with Crippen LogP contribution >= 0.6 is 0 Å². The van der Waals surface area contributed by atoms with E-state index in [2.05, 4.69) is 15.4 Å². The molecule has 3 rings (SSSR count). The van der Waals surface area contributed by atoms with E-state index in [0.29, 0.717) is 34.3 Å². The van der Waals surface area contributed by atoms with Gasteiger partial charge in [-0.15, -0.1) is 10.2 Å². The Morgan fingerprint density at radius 1 is 0.958 bits per heavy atom. The minimum atomic E-state index is 0.566. The van der Waals surface area contributed by atoms with Gasteiger partial charge in [-0.1, -0.05) is 35.5 Å². The van der Waals surface area contributed by atoms with Gasteiger partial charge < -0.3 is 14.0 Å². The number of benzene rings is 2. The first-order valence-corrected chi connectivity index (χ1v) is 7.38. The van der Waals surface area contributed by atoms with Gasteiger partial charge in [-0.2, -0.15) is 0 Å². The fraction of sp³-hybridized carbons (Fsp3) is 0.167. The van der Waals surface area contributed by atoms with Crippen LogP contribution in [0.3, 0.4) is 0 Å². The lowest BCUT2D eigenvalue weighted by molar-refractivity contribution is 0.404. The SMILES string of the molecule is COc1ccc(OC)c(N=Nc2c(C)noc2-c2ccccc2)c1. The molecule has 0 saturated carbocycles. The number of nitrogens with zero attached hydrogens (tertiary/aromatic N) is 3. The average molecular weight is 323 g/mol. The minimum Gasteiger partial charge on any atom is -0.497 e. The van der Waals surface area contributed by atoms with E-state index in [-0.39, 0.29) is 0 Å². The van der Waals surface area contributed by atoms with Crippen LogP contribution < -0.4 is 9.47 Å². The molecule has 1 aromatic heterocycles. The summed E-state index contributed by atoms with van der Waals surface area (Å²) in [6.07, 6.45) is 0. The van der Waals surface area contributed by atoms with E-state index in [1.165, 1.54) is 0 Å². The topological polar surface area (TPSA) is 69.2 Å². The third-order valence-electron chi connectivity index (χ3n) is 3.51. The van der Waals surface area contributed by atoms with Crippen molar-refractivity contribution in [3.05, 3.63) is 54.2 Å². The Kier molecular flexibility index (Phi) is 4.56. The van der Waals surface area contributed by atoms with E-state index >= 15 is 0 Å². The fourth-order valence-corrected chi connectivity index (χ4v) is 2.24. The van der Waals surface area contributed by atoms with Gasteiger partial charge in [0.25, 0.3) is 0 Å². The average Bonchev–Trinajstić information content (AvgIpc) is 3.01. The van der Waals surface area contributed by atoms with Crippen molar-refractivity contribution in [2.45, 2.75) is 6.92 Å². The highest BCUT2D eigenvalue weighted by Gasteiger charge is 2.15. The summed E-state index contributed by atoms with van der Waals surface area (Å²) in [5, 5.41) is 12.6. The van der Waals surface area contributed by atoms with Crippen molar-refractivity contribution in [1.82, 2.24) is 5.16 Å².